The Bertz CT molecular complexity index is 440. The van der Waals surface area contributed by atoms with Gasteiger partial charge < -0.3 is 0 Å². The molecule has 0 saturated heterocycles. The van der Waals surface area contributed by atoms with E-state index in [1.165, 1.54) is 0 Å². The quantitative estimate of drug-likeness (QED) is 0.584. The Kier molecular flexibility index (Phi) is 1.09. The standard InChI is InChI=1S/C7H7N3O/c1-10-6-5(7(11)9-10)3-2-4-8-6/h2-4H,1H3,(H,9,11). The van der Waals surface area contributed by atoms with Crippen LogP contribution in [0, 0.1) is 0 Å². The third-order valence-corrected chi connectivity index (χ3v) is 1.62. The maximum Gasteiger partial charge on any atom is 0.273 e. The third kappa shape index (κ3) is 0.756. The number of rotatable bonds is 0. The molecule has 2 heterocycles. The van der Waals surface area contributed by atoms with Crippen LogP contribution in [0.1, 0.15) is 0 Å². The second-order valence-corrected chi connectivity index (χ2v) is 2.37. The van der Waals surface area contributed by atoms with E-state index in [9.17, 15) is 4.79 Å². The fraction of sp³-hybridized carbons (Fsp3) is 0.143. The first-order chi connectivity index (χ1) is 5.29. The fourth-order valence-corrected chi connectivity index (χ4v) is 1.11. The van der Waals surface area contributed by atoms with E-state index in [1.54, 1.807) is 30.1 Å². The van der Waals surface area contributed by atoms with E-state index >= 15 is 0 Å². The molecule has 0 aliphatic rings. The van der Waals surface area contributed by atoms with Gasteiger partial charge in [-0.1, -0.05) is 0 Å². The molecule has 4 nitrogen and oxygen atoms in total. The zero-order valence-electron chi connectivity index (χ0n) is 6.03. The lowest BCUT2D eigenvalue weighted by Gasteiger charge is -1.89. The highest BCUT2D eigenvalue weighted by molar-refractivity contribution is 5.73. The lowest BCUT2D eigenvalue weighted by molar-refractivity contribution is 0.774. The van der Waals surface area contributed by atoms with Crippen LogP contribution in [-0.2, 0) is 7.05 Å². The number of nitrogens with one attached hydrogen (secondary N) is 1. The van der Waals surface area contributed by atoms with Crippen molar-refractivity contribution in [3.8, 4) is 0 Å². The molecule has 0 bridgehead atoms. The van der Waals surface area contributed by atoms with Crippen molar-refractivity contribution in [1.29, 1.82) is 0 Å². The molecule has 0 aliphatic heterocycles. The highest BCUT2D eigenvalue weighted by Gasteiger charge is 2.01. The highest BCUT2D eigenvalue weighted by Crippen LogP contribution is 2.01. The summed E-state index contributed by atoms with van der Waals surface area (Å²) >= 11 is 0. The van der Waals surface area contributed by atoms with Crippen LogP contribution < -0.4 is 5.56 Å². The molecule has 0 aliphatic carbocycles. The van der Waals surface area contributed by atoms with Gasteiger partial charge in [-0.05, 0) is 12.1 Å². The SMILES string of the molecule is Cn1[nH]c(=O)c2cccnc21. The smallest absolute Gasteiger partial charge is 0.271 e. The predicted molar refractivity (Wildman–Crippen MR) is 41.3 cm³/mol. The minimum Gasteiger partial charge on any atom is -0.271 e. The van der Waals surface area contributed by atoms with Gasteiger partial charge in [-0.3, -0.25) is 14.6 Å². The number of aromatic nitrogens is 3. The summed E-state index contributed by atoms with van der Waals surface area (Å²) < 4.78 is 1.61. The van der Waals surface area contributed by atoms with Crippen molar-refractivity contribution in [2.75, 3.05) is 0 Å². The van der Waals surface area contributed by atoms with Crippen LogP contribution >= 0.6 is 0 Å². The number of pyridine rings is 1. The van der Waals surface area contributed by atoms with E-state index in [4.69, 9.17) is 0 Å². The number of aromatic amines is 1. The van der Waals surface area contributed by atoms with E-state index in [2.05, 4.69) is 10.1 Å². The molecule has 11 heavy (non-hydrogen) atoms. The van der Waals surface area contributed by atoms with Gasteiger partial charge in [-0.2, -0.15) is 0 Å². The summed E-state index contributed by atoms with van der Waals surface area (Å²) in [6.07, 6.45) is 1.66. The largest absolute Gasteiger partial charge is 0.273 e. The summed E-state index contributed by atoms with van der Waals surface area (Å²) in [5, 5.41) is 3.25. The molecule has 0 unspecified atom stereocenters. The molecule has 0 saturated carbocycles. The molecule has 0 amide bonds. The van der Waals surface area contributed by atoms with Crippen LogP contribution in [0.3, 0.4) is 0 Å². The molecule has 2 rings (SSSR count). The van der Waals surface area contributed by atoms with Crippen molar-refractivity contribution in [1.82, 2.24) is 14.8 Å². The maximum absolute atomic E-state index is 11.1. The molecule has 1 N–H and O–H groups in total. The topological polar surface area (TPSA) is 50.7 Å². The van der Waals surface area contributed by atoms with Gasteiger partial charge in [-0.25, -0.2) is 4.98 Å². The van der Waals surface area contributed by atoms with Crippen molar-refractivity contribution in [2.45, 2.75) is 0 Å². The summed E-state index contributed by atoms with van der Waals surface area (Å²) in [5.74, 6) is 0. The molecule has 56 valence electrons. The van der Waals surface area contributed by atoms with Crippen molar-refractivity contribution in [2.24, 2.45) is 7.05 Å². The first-order valence-electron chi connectivity index (χ1n) is 3.29. The first kappa shape index (κ1) is 6.15. The van der Waals surface area contributed by atoms with Gasteiger partial charge in [-0.15, -0.1) is 0 Å². The zero-order chi connectivity index (χ0) is 7.84. The van der Waals surface area contributed by atoms with Gasteiger partial charge in [0.05, 0.1) is 5.39 Å². The molecule has 0 aromatic carbocycles. The van der Waals surface area contributed by atoms with Crippen LogP contribution in [0.5, 0.6) is 0 Å². The normalized spacial score (nSPS) is 10.6. The lowest BCUT2D eigenvalue weighted by atomic mass is 10.4. The lowest BCUT2D eigenvalue weighted by Crippen LogP contribution is -2.01. The van der Waals surface area contributed by atoms with Gasteiger partial charge in [0.15, 0.2) is 5.65 Å². The molecule has 2 aromatic rings. The van der Waals surface area contributed by atoms with E-state index < -0.39 is 0 Å². The number of aryl methyl sites for hydroxylation is 1. The van der Waals surface area contributed by atoms with Gasteiger partial charge >= 0.3 is 0 Å². The Hall–Kier alpha value is -1.58. The number of H-pyrrole nitrogens is 1. The molecule has 4 heteroatoms. The van der Waals surface area contributed by atoms with Crippen LogP contribution in [0.2, 0.25) is 0 Å². The average Bonchev–Trinajstić information content (AvgIpc) is 2.30. The summed E-state index contributed by atoms with van der Waals surface area (Å²) in [6, 6.07) is 3.50. The Morgan fingerprint density at radius 1 is 1.64 bits per heavy atom. The Morgan fingerprint density at radius 3 is 3.18 bits per heavy atom. The molecule has 2 aromatic heterocycles. The number of hydrogen-bond donors (Lipinski definition) is 1. The third-order valence-electron chi connectivity index (χ3n) is 1.62. The Balaban J connectivity index is 3.07. The second kappa shape index (κ2) is 1.95. The zero-order valence-corrected chi connectivity index (χ0v) is 6.03. The maximum atomic E-state index is 11.1. The summed E-state index contributed by atoms with van der Waals surface area (Å²) in [5.41, 5.74) is 0.605. The predicted octanol–water partition coefficient (Wildman–Crippen LogP) is 0.262. The van der Waals surface area contributed by atoms with E-state index in [0.29, 0.717) is 11.0 Å². The summed E-state index contributed by atoms with van der Waals surface area (Å²) in [4.78, 5) is 15.1. The van der Waals surface area contributed by atoms with Gasteiger partial charge in [0.2, 0.25) is 0 Å². The molecule has 0 atom stereocenters. The van der Waals surface area contributed by atoms with Gasteiger partial charge in [0.25, 0.3) is 5.56 Å². The van der Waals surface area contributed by atoms with Crippen molar-refractivity contribution < 1.29 is 0 Å². The average molecular weight is 149 g/mol. The molecular formula is C7H7N3O. The number of fused-ring (bicyclic) bond motifs is 1. The fourth-order valence-electron chi connectivity index (χ4n) is 1.11. The molecule has 0 spiro atoms. The van der Waals surface area contributed by atoms with E-state index in [1.807, 2.05) is 0 Å². The molecular weight excluding hydrogens is 142 g/mol. The Morgan fingerprint density at radius 2 is 2.45 bits per heavy atom. The van der Waals surface area contributed by atoms with Crippen molar-refractivity contribution in [3.63, 3.8) is 0 Å². The summed E-state index contributed by atoms with van der Waals surface area (Å²) in [6.45, 7) is 0. The van der Waals surface area contributed by atoms with Crippen molar-refractivity contribution in [3.05, 3.63) is 28.7 Å². The van der Waals surface area contributed by atoms with E-state index in [-0.39, 0.29) is 5.56 Å². The van der Waals surface area contributed by atoms with Gasteiger partial charge in [0.1, 0.15) is 0 Å². The summed E-state index contributed by atoms with van der Waals surface area (Å²) in [7, 11) is 1.76. The molecule has 0 fully saturated rings. The van der Waals surface area contributed by atoms with Crippen LogP contribution in [-0.4, -0.2) is 14.8 Å². The second-order valence-electron chi connectivity index (χ2n) is 2.37. The first-order valence-corrected chi connectivity index (χ1v) is 3.29. The highest BCUT2D eigenvalue weighted by atomic mass is 16.1. The number of nitrogens with zero attached hydrogens (tertiary/aromatic N) is 2. The van der Waals surface area contributed by atoms with Crippen LogP contribution in [0.15, 0.2) is 23.1 Å². The molecule has 0 radical (unpaired) electrons. The minimum absolute atomic E-state index is 0.0874. The Labute approximate surface area is 62.5 Å². The minimum atomic E-state index is -0.0874. The van der Waals surface area contributed by atoms with Gasteiger partial charge in [0, 0.05) is 13.2 Å². The monoisotopic (exact) mass is 149 g/mol. The van der Waals surface area contributed by atoms with Crippen molar-refractivity contribution >= 4 is 11.0 Å². The number of hydrogen-bond acceptors (Lipinski definition) is 2. The van der Waals surface area contributed by atoms with E-state index in [0.717, 1.165) is 0 Å². The van der Waals surface area contributed by atoms with Crippen LogP contribution in [0.25, 0.3) is 11.0 Å². The van der Waals surface area contributed by atoms with Crippen LogP contribution in [0.4, 0.5) is 0 Å².